The van der Waals surface area contributed by atoms with Crippen molar-refractivity contribution in [3.05, 3.63) is 29.6 Å². The Labute approximate surface area is 146 Å². The van der Waals surface area contributed by atoms with Crippen molar-refractivity contribution in [1.29, 1.82) is 0 Å². The third kappa shape index (κ3) is 5.01. The van der Waals surface area contributed by atoms with Crippen LogP contribution < -0.4 is 10.6 Å². The predicted octanol–water partition coefficient (Wildman–Crippen LogP) is 3.20. The lowest BCUT2D eigenvalue weighted by molar-refractivity contribution is 0.224. The summed E-state index contributed by atoms with van der Waals surface area (Å²) in [7, 11) is 0. The molecule has 6 nitrogen and oxygen atoms in total. The number of carbonyl (C=O) groups excluding carboxylic acids is 1. The highest BCUT2D eigenvalue weighted by molar-refractivity contribution is 7.03. The normalized spacial score (nSPS) is 15.2. The Morgan fingerprint density at radius 3 is 2.67 bits per heavy atom. The number of carbonyl (C=O) groups is 1. The molecule has 1 aromatic carbocycles. The second kappa shape index (κ2) is 8.75. The largest absolute Gasteiger partial charge is 0.338 e. The molecule has 3 rings (SSSR count). The van der Waals surface area contributed by atoms with Crippen LogP contribution in [0.5, 0.6) is 0 Å². The van der Waals surface area contributed by atoms with Crippen LogP contribution >= 0.6 is 11.5 Å². The van der Waals surface area contributed by atoms with Gasteiger partial charge in [-0.15, -0.1) is 5.10 Å². The third-order valence-electron chi connectivity index (χ3n) is 4.18. The molecule has 128 valence electrons. The zero-order chi connectivity index (χ0) is 16.6. The van der Waals surface area contributed by atoms with Crippen molar-refractivity contribution in [2.45, 2.75) is 25.7 Å². The van der Waals surface area contributed by atoms with Gasteiger partial charge in [0.2, 0.25) is 0 Å². The first-order chi connectivity index (χ1) is 11.8. The van der Waals surface area contributed by atoms with Crippen LogP contribution in [0.4, 0.5) is 10.5 Å². The number of rotatable bonds is 6. The van der Waals surface area contributed by atoms with E-state index in [1.165, 1.54) is 43.9 Å². The molecular weight excluding hydrogens is 322 g/mol. The second-order valence-electron chi connectivity index (χ2n) is 6.00. The number of amides is 2. The van der Waals surface area contributed by atoms with Gasteiger partial charge in [-0.2, -0.15) is 0 Å². The zero-order valence-corrected chi connectivity index (χ0v) is 14.5. The Morgan fingerprint density at radius 2 is 1.96 bits per heavy atom. The summed E-state index contributed by atoms with van der Waals surface area (Å²) in [6.45, 7) is 4.17. The van der Waals surface area contributed by atoms with Gasteiger partial charge >= 0.3 is 6.03 Å². The molecule has 1 aliphatic rings. The Balaban J connectivity index is 1.37. The molecule has 1 aliphatic heterocycles. The van der Waals surface area contributed by atoms with E-state index < -0.39 is 0 Å². The molecule has 7 heteroatoms. The number of piperidine rings is 1. The zero-order valence-electron chi connectivity index (χ0n) is 13.7. The summed E-state index contributed by atoms with van der Waals surface area (Å²) in [6.07, 6.45) is 4.96. The second-order valence-corrected chi connectivity index (χ2v) is 6.61. The van der Waals surface area contributed by atoms with Crippen LogP contribution in [0.2, 0.25) is 0 Å². The van der Waals surface area contributed by atoms with Gasteiger partial charge in [0, 0.05) is 23.2 Å². The van der Waals surface area contributed by atoms with Gasteiger partial charge in [-0.25, -0.2) is 4.79 Å². The Morgan fingerprint density at radius 1 is 1.17 bits per heavy atom. The lowest BCUT2D eigenvalue weighted by Gasteiger charge is -2.26. The minimum absolute atomic E-state index is 0.156. The molecule has 1 aromatic heterocycles. The number of hydrogen-bond donors (Lipinski definition) is 2. The highest BCUT2D eigenvalue weighted by Crippen LogP contribution is 2.19. The molecule has 2 amide bonds. The number of nitrogens with zero attached hydrogens (tertiary/aromatic N) is 3. The number of urea groups is 1. The van der Waals surface area contributed by atoms with Gasteiger partial charge in [-0.05, 0) is 62.6 Å². The lowest BCUT2D eigenvalue weighted by atomic mass is 10.1. The Bertz CT molecular complexity index is 623. The van der Waals surface area contributed by atoms with Gasteiger partial charge in [-0.3, -0.25) is 0 Å². The molecule has 0 radical (unpaired) electrons. The highest BCUT2D eigenvalue weighted by atomic mass is 32.1. The first kappa shape index (κ1) is 16.9. The van der Waals surface area contributed by atoms with E-state index in [1.54, 1.807) is 0 Å². The van der Waals surface area contributed by atoms with E-state index in [4.69, 9.17) is 0 Å². The molecule has 2 heterocycles. The maximum Gasteiger partial charge on any atom is 0.319 e. The van der Waals surface area contributed by atoms with E-state index in [-0.39, 0.29) is 6.03 Å². The number of nitrogens with one attached hydrogen (secondary N) is 2. The van der Waals surface area contributed by atoms with E-state index in [0.717, 1.165) is 29.9 Å². The summed E-state index contributed by atoms with van der Waals surface area (Å²) in [5.41, 5.74) is 2.63. The van der Waals surface area contributed by atoms with Crippen molar-refractivity contribution in [1.82, 2.24) is 19.8 Å². The van der Waals surface area contributed by atoms with E-state index in [9.17, 15) is 4.79 Å². The molecule has 0 spiro atoms. The van der Waals surface area contributed by atoms with Crippen LogP contribution in [0.1, 0.15) is 25.7 Å². The van der Waals surface area contributed by atoms with Crippen LogP contribution in [0.15, 0.2) is 29.6 Å². The monoisotopic (exact) mass is 345 g/mol. The average molecular weight is 345 g/mol. The first-order valence-corrected chi connectivity index (χ1v) is 9.29. The number of aromatic nitrogens is 2. The van der Waals surface area contributed by atoms with Crippen molar-refractivity contribution in [3.63, 3.8) is 0 Å². The smallest absolute Gasteiger partial charge is 0.319 e. The van der Waals surface area contributed by atoms with Crippen LogP contribution in [-0.4, -0.2) is 46.7 Å². The van der Waals surface area contributed by atoms with Gasteiger partial charge in [0.25, 0.3) is 0 Å². The summed E-state index contributed by atoms with van der Waals surface area (Å²) in [6, 6.07) is 7.46. The van der Waals surface area contributed by atoms with Crippen LogP contribution in [-0.2, 0) is 0 Å². The molecule has 0 aliphatic carbocycles. The minimum atomic E-state index is -0.156. The lowest BCUT2D eigenvalue weighted by Crippen LogP contribution is -2.34. The van der Waals surface area contributed by atoms with Crippen molar-refractivity contribution in [2.24, 2.45) is 0 Å². The van der Waals surface area contributed by atoms with Gasteiger partial charge in [0.15, 0.2) is 0 Å². The third-order valence-corrected chi connectivity index (χ3v) is 4.69. The van der Waals surface area contributed by atoms with Gasteiger partial charge in [0.1, 0.15) is 5.69 Å². The Kier molecular flexibility index (Phi) is 6.14. The van der Waals surface area contributed by atoms with E-state index in [2.05, 4.69) is 25.1 Å². The first-order valence-electron chi connectivity index (χ1n) is 8.46. The summed E-state index contributed by atoms with van der Waals surface area (Å²) in [5, 5.41) is 11.7. The van der Waals surface area contributed by atoms with Gasteiger partial charge < -0.3 is 15.5 Å². The molecule has 0 unspecified atom stereocenters. The summed E-state index contributed by atoms with van der Waals surface area (Å²) in [5.74, 6) is 0. The summed E-state index contributed by atoms with van der Waals surface area (Å²) in [4.78, 5) is 14.4. The molecular formula is C17H23N5OS. The van der Waals surface area contributed by atoms with Crippen LogP contribution in [0, 0.1) is 0 Å². The molecule has 0 atom stereocenters. The molecule has 2 N–H and O–H groups in total. The quantitative estimate of drug-likeness (QED) is 0.789. The van der Waals surface area contributed by atoms with Crippen molar-refractivity contribution in [2.75, 3.05) is 31.5 Å². The fourth-order valence-corrected chi connectivity index (χ4v) is 3.34. The molecule has 0 bridgehead atoms. The SMILES string of the molecule is O=C(NCCCN1CCCCC1)Nc1ccc(-c2csnn2)cc1. The highest BCUT2D eigenvalue weighted by Gasteiger charge is 2.09. The predicted molar refractivity (Wildman–Crippen MR) is 97.3 cm³/mol. The number of hydrogen-bond acceptors (Lipinski definition) is 5. The van der Waals surface area contributed by atoms with Crippen molar-refractivity contribution < 1.29 is 4.79 Å². The van der Waals surface area contributed by atoms with Crippen LogP contribution in [0.3, 0.4) is 0 Å². The fraction of sp³-hybridized carbons (Fsp3) is 0.471. The molecule has 2 aromatic rings. The maximum absolute atomic E-state index is 11.9. The van der Waals surface area contributed by atoms with E-state index >= 15 is 0 Å². The molecule has 1 fully saturated rings. The molecule has 1 saturated heterocycles. The average Bonchev–Trinajstić information content (AvgIpc) is 3.15. The maximum atomic E-state index is 11.9. The van der Waals surface area contributed by atoms with E-state index in [0.29, 0.717) is 6.54 Å². The van der Waals surface area contributed by atoms with Crippen molar-refractivity contribution >= 4 is 23.3 Å². The minimum Gasteiger partial charge on any atom is -0.338 e. The molecule has 0 saturated carbocycles. The van der Waals surface area contributed by atoms with E-state index in [1.807, 2.05) is 29.6 Å². The number of likely N-dealkylation sites (tertiary alicyclic amines) is 1. The Hall–Kier alpha value is -1.99. The number of benzene rings is 1. The van der Waals surface area contributed by atoms with Gasteiger partial charge in [-0.1, -0.05) is 23.0 Å². The standard InChI is InChI=1S/C17H23N5OS/c23-17(18-9-4-12-22-10-2-1-3-11-22)19-15-7-5-14(6-8-15)16-13-24-21-20-16/h5-8,13H,1-4,9-12H2,(H2,18,19,23). The van der Waals surface area contributed by atoms with Gasteiger partial charge in [0.05, 0.1) is 0 Å². The van der Waals surface area contributed by atoms with Crippen LogP contribution in [0.25, 0.3) is 11.3 Å². The number of anilines is 1. The molecule has 24 heavy (non-hydrogen) atoms. The van der Waals surface area contributed by atoms with Crippen molar-refractivity contribution in [3.8, 4) is 11.3 Å². The topological polar surface area (TPSA) is 70.2 Å². The summed E-state index contributed by atoms with van der Waals surface area (Å²) >= 11 is 1.33. The summed E-state index contributed by atoms with van der Waals surface area (Å²) < 4.78 is 3.85. The fourth-order valence-electron chi connectivity index (χ4n) is 2.88.